The van der Waals surface area contributed by atoms with Gasteiger partial charge >= 0.3 is 17.9 Å². The lowest BCUT2D eigenvalue weighted by Gasteiger charge is -2.28. The molecule has 0 aliphatic carbocycles. The van der Waals surface area contributed by atoms with Gasteiger partial charge in [0.25, 0.3) is 0 Å². The smallest absolute Gasteiger partial charge is 0.309 e. The van der Waals surface area contributed by atoms with Gasteiger partial charge in [0.05, 0.1) is 34.2 Å². The highest BCUT2D eigenvalue weighted by atomic mass is 16.6. The Morgan fingerprint density at radius 3 is 2.13 bits per heavy atom. The maximum absolute atomic E-state index is 11.8. The third-order valence-corrected chi connectivity index (χ3v) is 2.82. The second-order valence-electron chi connectivity index (χ2n) is 7.10. The van der Waals surface area contributed by atoms with E-state index in [2.05, 4.69) is 0 Å². The molecule has 0 saturated carbocycles. The van der Waals surface area contributed by atoms with E-state index in [-0.39, 0.29) is 37.8 Å². The predicted molar refractivity (Wildman–Crippen MR) is 84.7 cm³/mol. The minimum Gasteiger partial charge on any atom is -0.481 e. The van der Waals surface area contributed by atoms with Crippen LogP contribution in [-0.4, -0.2) is 67.9 Å². The normalized spacial score (nSPS) is 12.8. The fourth-order valence-corrected chi connectivity index (χ4v) is 1.98. The summed E-state index contributed by atoms with van der Waals surface area (Å²) in [7, 11) is 5.84. The Kier molecular flexibility index (Phi) is 9.48. The monoisotopic (exact) mass is 332 g/mol. The molecule has 0 aromatic heterocycles. The topological polar surface area (TPSA) is 89.9 Å². The Balaban J connectivity index is 4.42. The molecule has 0 aliphatic rings. The van der Waals surface area contributed by atoms with Gasteiger partial charge in [0.1, 0.15) is 6.54 Å². The van der Waals surface area contributed by atoms with Crippen molar-refractivity contribution in [3.63, 3.8) is 0 Å². The fourth-order valence-electron chi connectivity index (χ4n) is 1.98. The molecule has 0 aliphatic heterocycles. The van der Waals surface area contributed by atoms with E-state index in [0.29, 0.717) is 17.4 Å². The zero-order chi connectivity index (χ0) is 18.0. The molecular weight excluding hydrogens is 302 g/mol. The first-order valence-electron chi connectivity index (χ1n) is 7.87. The fraction of sp³-hybridized carbons (Fsp3) is 0.812. The van der Waals surface area contributed by atoms with Crippen molar-refractivity contribution in [3.05, 3.63) is 0 Å². The van der Waals surface area contributed by atoms with E-state index >= 15 is 0 Å². The SMILES string of the molecule is CC(C)CC(=O)OC(CC(=O)OCCCC(=O)O)C[N+](C)(C)C. The highest BCUT2D eigenvalue weighted by Gasteiger charge is 2.25. The standard InChI is InChI=1S/C16H29NO6/c1-12(2)9-16(21)23-13(11-17(3,4)5)10-15(20)22-8-6-7-14(18)19/h12-13H,6-11H2,1-5H3/p+1. The Morgan fingerprint density at radius 2 is 1.65 bits per heavy atom. The molecule has 23 heavy (non-hydrogen) atoms. The summed E-state index contributed by atoms with van der Waals surface area (Å²) in [5, 5.41) is 8.52. The maximum Gasteiger partial charge on any atom is 0.309 e. The lowest BCUT2D eigenvalue weighted by molar-refractivity contribution is -0.873. The van der Waals surface area contributed by atoms with E-state index in [1.54, 1.807) is 0 Å². The van der Waals surface area contributed by atoms with Gasteiger partial charge < -0.3 is 19.1 Å². The Bertz CT molecular complexity index is 400. The van der Waals surface area contributed by atoms with Crippen LogP contribution in [0.15, 0.2) is 0 Å². The molecular formula is C16H30NO6+. The Hall–Kier alpha value is -1.63. The Labute approximate surface area is 138 Å². The van der Waals surface area contributed by atoms with Crippen molar-refractivity contribution in [1.29, 1.82) is 0 Å². The molecule has 134 valence electrons. The first-order chi connectivity index (χ1) is 10.5. The van der Waals surface area contributed by atoms with Gasteiger partial charge in [-0.25, -0.2) is 0 Å². The molecule has 0 amide bonds. The number of hydrogen-bond acceptors (Lipinski definition) is 5. The summed E-state index contributed by atoms with van der Waals surface area (Å²) in [6.07, 6.45) is -0.0332. The molecule has 0 fully saturated rings. The van der Waals surface area contributed by atoms with Crippen LogP contribution >= 0.6 is 0 Å². The van der Waals surface area contributed by atoms with Crippen LogP contribution in [0.2, 0.25) is 0 Å². The summed E-state index contributed by atoms with van der Waals surface area (Å²) in [4.78, 5) is 34.0. The van der Waals surface area contributed by atoms with Crippen LogP contribution in [0.3, 0.4) is 0 Å². The number of quaternary nitrogens is 1. The van der Waals surface area contributed by atoms with E-state index in [1.165, 1.54) is 0 Å². The second-order valence-corrected chi connectivity index (χ2v) is 7.10. The summed E-state index contributed by atoms with van der Waals surface area (Å²) in [6, 6.07) is 0. The van der Waals surface area contributed by atoms with Crippen molar-refractivity contribution < 1.29 is 33.4 Å². The molecule has 7 nitrogen and oxygen atoms in total. The summed E-state index contributed by atoms with van der Waals surface area (Å²) in [6.45, 7) is 4.40. The molecule has 0 aromatic carbocycles. The van der Waals surface area contributed by atoms with Crippen molar-refractivity contribution >= 4 is 17.9 Å². The molecule has 1 atom stereocenters. The van der Waals surface area contributed by atoms with Crippen LogP contribution in [0.25, 0.3) is 0 Å². The molecule has 0 saturated heterocycles. The molecule has 7 heteroatoms. The van der Waals surface area contributed by atoms with Crippen molar-refractivity contribution in [2.45, 2.75) is 45.6 Å². The summed E-state index contributed by atoms with van der Waals surface area (Å²) >= 11 is 0. The average molecular weight is 332 g/mol. The second kappa shape index (κ2) is 10.2. The Morgan fingerprint density at radius 1 is 1.04 bits per heavy atom. The quantitative estimate of drug-likeness (QED) is 0.350. The van der Waals surface area contributed by atoms with Gasteiger partial charge in [-0.1, -0.05) is 13.8 Å². The highest BCUT2D eigenvalue weighted by Crippen LogP contribution is 2.10. The third kappa shape index (κ3) is 13.7. The maximum atomic E-state index is 11.8. The van der Waals surface area contributed by atoms with E-state index in [0.717, 1.165) is 0 Å². The van der Waals surface area contributed by atoms with Gasteiger partial charge in [-0.2, -0.15) is 0 Å². The lowest BCUT2D eigenvalue weighted by atomic mass is 10.1. The number of nitrogens with zero attached hydrogens (tertiary/aromatic N) is 1. The number of carbonyl (C=O) groups excluding carboxylic acids is 2. The number of ether oxygens (including phenoxy) is 2. The van der Waals surface area contributed by atoms with Gasteiger partial charge in [0.15, 0.2) is 6.10 Å². The molecule has 0 radical (unpaired) electrons. The number of hydrogen-bond donors (Lipinski definition) is 1. The molecule has 0 heterocycles. The van der Waals surface area contributed by atoms with Crippen LogP contribution in [0.4, 0.5) is 0 Å². The number of carbonyl (C=O) groups is 3. The van der Waals surface area contributed by atoms with Crippen molar-refractivity contribution in [2.75, 3.05) is 34.3 Å². The average Bonchev–Trinajstić information content (AvgIpc) is 2.30. The van der Waals surface area contributed by atoms with Crippen molar-refractivity contribution in [1.82, 2.24) is 0 Å². The first kappa shape index (κ1) is 21.4. The number of carboxylic acids is 1. The number of esters is 2. The van der Waals surface area contributed by atoms with Crippen molar-refractivity contribution in [3.8, 4) is 0 Å². The van der Waals surface area contributed by atoms with Crippen LogP contribution in [0.5, 0.6) is 0 Å². The van der Waals surface area contributed by atoms with Crippen LogP contribution in [0.1, 0.15) is 39.5 Å². The van der Waals surface area contributed by atoms with Gasteiger partial charge in [0, 0.05) is 12.8 Å². The zero-order valence-corrected chi connectivity index (χ0v) is 14.8. The highest BCUT2D eigenvalue weighted by molar-refractivity contribution is 5.72. The van der Waals surface area contributed by atoms with Crippen LogP contribution in [0, 0.1) is 5.92 Å². The van der Waals surface area contributed by atoms with Crippen LogP contribution < -0.4 is 0 Å². The number of rotatable bonds is 11. The van der Waals surface area contributed by atoms with Gasteiger partial charge in [0.2, 0.25) is 0 Å². The number of carboxylic acid groups (broad SMARTS) is 1. The van der Waals surface area contributed by atoms with Crippen molar-refractivity contribution in [2.24, 2.45) is 5.92 Å². The number of likely N-dealkylation sites (N-methyl/N-ethyl adjacent to an activating group) is 1. The molecule has 0 rings (SSSR count). The van der Waals surface area contributed by atoms with E-state index in [4.69, 9.17) is 14.6 Å². The van der Waals surface area contributed by atoms with E-state index < -0.39 is 18.0 Å². The minimum atomic E-state index is -0.924. The van der Waals surface area contributed by atoms with Crippen LogP contribution in [-0.2, 0) is 23.9 Å². The molecule has 1 N–H and O–H groups in total. The lowest BCUT2D eigenvalue weighted by Crippen LogP contribution is -2.44. The number of aliphatic carboxylic acids is 1. The first-order valence-corrected chi connectivity index (χ1v) is 7.87. The van der Waals surface area contributed by atoms with E-state index in [1.807, 2.05) is 35.0 Å². The summed E-state index contributed by atoms with van der Waals surface area (Å²) in [5.74, 6) is -1.54. The molecule has 0 bridgehead atoms. The van der Waals surface area contributed by atoms with E-state index in [9.17, 15) is 14.4 Å². The summed E-state index contributed by atoms with van der Waals surface area (Å²) in [5.41, 5.74) is 0. The molecule has 0 aromatic rings. The van der Waals surface area contributed by atoms with Gasteiger partial charge in [-0.05, 0) is 12.3 Å². The molecule has 0 spiro atoms. The van der Waals surface area contributed by atoms with Gasteiger partial charge in [-0.3, -0.25) is 14.4 Å². The summed E-state index contributed by atoms with van der Waals surface area (Å²) < 4.78 is 11.0. The van der Waals surface area contributed by atoms with Gasteiger partial charge in [-0.15, -0.1) is 0 Å². The molecule has 1 unspecified atom stereocenters. The third-order valence-electron chi connectivity index (χ3n) is 2.82. The predicted octanol–water partition coefficient (Wildman–Crippen LogP) is 1.45. The minimum absolute atomic E-state index is 0.0214. The zero-order valence-electron chi connectivity index (χ0n) is 14.8. The largest absolute Gasteiger partial charge is 0.481 e.